The molecule has 0 aliphatic carbocycles. The van der Waals surface area contributed by atoms with Crippen molar-refractivity contribution >= 4 is 28.6 Å². The second kappa shape index (κ2) is 5.54. The first kappa shape index (κ1) is 14.7. The van der Waals surface area contributed by atoms with Crippen molar-refractivity contribution in [3.63, 3.8) is 0 Å². The molecule has 5 heteroatoms. The Kier molecular flexibility index (Phi) is 3.88. The molecule has 0 spiro atoms. The number of thiazole rings is 1. The van der Waals surface area contributed by atoms with Gasteiger partial charge in [0.05, 0.1) is 9.88 Å². The third-order valence-electron chi connectivity index (χ3n) is 4.24. The Labute approximate surface area is 133 Å². The van der Waals surface area contributed by atoms with Crippen LogP contribution in [0.3, 0.4) is 0 Å². The van der Waals surface area contributed by atoms with Crippen LogP contribution in [0.25, 0.3) is 0 Å². The molecule has 1 fully saturated rings. The molecule has 0 saturated carbocycles. The molecule has 1 aliphatic heterocycles. The lowest BCUT2D eigenvalue weighted by Crippen LogP contribution is -2.43. The van der Waals surface area contributed by atoms with E-state index >= 15 is 0 Å². The van der Waals surface area contributed by atoms with Crippen molar-refractivity contribution in [2.75, 3.05) is 13.1 Å². The minimum absolute atomic E-state index is 0.126. The summed E-state index contributed by atoms with van der Waals surface area (Å²) >= 11 is 3.38. The highest BCUT2D eigenvalue weighted by molar-refractivity contribution is 7.14. The highest BCUT2D eigenvalue weighted by Crippen LogP contribution is 2.37. The van der Waals surface area contributed by atoms with Gasteiger partial charge in [-0.05, 0) is 38.8 Å². The van der Waals surface area contributed by atoms with Crippen molar-refractivity contribution in [3.05, 3.63) is 38.0 Å². The van der Waals surface area contributed by atoms with Gasteiger partial charge in [-0.15, -0.1) is 22.7 Å². The predicted octanol–water partition coefficient (Wildman–Crippen LogP) is 4.02. The van der Waals surface area contributed by atoms with Crippen molar-refractivity contribution in [2.24, 2.45) is 0 Å². The van der Waals surface area contributed by atoms with Crippen LogP contribution in [-0.4, -0.2) is 28.9 Å². The van der Waals surface area contributed by atoms with Crippen LogP contribution >= 0.6 is 22.7 Å². The number of aryl methyl sites for hydroxylation is 2. The fourth-order valence-corrected chi connectivity index (χ4v) is 4.56. The van der Waals surface area contributed by atoms with Gasteiger partial charge in [0.25, 0.3) is 5.91 Å². The predicted molar refractivity (Wildman–Crippen MR) is 88.4 cm³/mol. The summed E-state index contributed by atoms with van der Waals surface area (Å²) in [7, 11) is 0. The van der Waals surface area contributed by atoms with Crippen LogP contribution < -0.4 is 0 Å². The van der Waals surface area contributed by atoms with Gasteiger partial charge in [-0.25, -0.2) is 4.98 Å². The van der Waals surface area contributed by atoms with E-state index in [0.717, 1.165) is 30.8 Å². The molecule has 0 aromatic carbocycles. The van der Waals surface area contributed by atoms with Crippen LogP contribution in [0.15, 0.2) is 18.3 Å². The first-order valence-corrected chi connectivity index (χ1v) is 8.90. The fraction of sp³-hybridized carbons (Fsp3) is 0.500. The fourth-order valence-electron chi connectivity index (χ4n) is 2.76. The number of rotatable bonds is 2. The lowest BCUT2D eigenvalue weighted by molar-refractivity contribution is 0.0681. The molecule has 3 heterocycles. The van der Waals surface area contributed by atoms with Gasteiger partial charge in [-0.3, -0.25) is 4.79 Å². The molecule has 3 rings (SSSR count). The molecule has 0 bridgehead atoms. The molecule has 0 atom stereocenters. The molecular weight excluding hydrogens is 300 g/mol. The Bertz CT molecular complexity index is 651. The Balaban J connectivity index is 1.69. The molecule has 2 aromatic rings. The zero-order valence-electron chi connectivity index (χ0n) is 12.7. The summed E-state index contributed by atoms with van der Waals surface area (Å²) in [6.07, 6.45) is 3.95. The standard InChI is InChI=1S/C16H20N2OS2/c1-11-4-5-13(20-11)14(19)18-8-6-16(3,7-9-18)15-17-10-12(2)21-15/h4-5,10H,6-9H2,1-3H3. The average Bonchev–Trinajstić information content (AvgIpc) is 3.08. The molecule has 2 aromatic heterocycles. The maximum absolute atomic E-state index is 12.5. The summed E-state index contributed by atoms with van der Waals surface area (Å²) in [6.45, 7) is 8.07. The minimum Gasteiger partial charge on any atom is -0.338 e. The largest absolute Gasteiger partial charge is 0.338 e. The van der Waals surface area contributed by atoms with Gasteiger partial charge >= 0.3 is 0 Å². The summed E-state index contributed by atoms with van der Waals surface area (Å²) in [5, 5.41) is 1.22. The molecule has 1 saturated heterocycles. The number of hydrogen-bond donors (Lipinski definition) is 0. The van der Waals surface area contributed by atoms with Gasteiger partial charge in [0.15, 0.2) is 0 Å². The van der Waals surface area contributed by atoms with Crippen LogP contribution in [0.4, 0.5) is 0 Å². The highest BCUT2D eigenvalue weighted by Gasteiger charge is 2.35. The van der Waals surface area contributed by atoms with Gasteiger partial charge in [0.1, 0.15) is 0 Å². The normalized spacial score (nSPS) is 18.0. The van der Waals surface area contributed by atoms with E-state index in [2.05, 4.69) is 18.8 Å². The van der Waals surface area contributed by atoms with E-state index in [1.807, 2.05) is 30.2 Å². The van der Waals surface area contributed by atoms with Gasteiger partial charge < -0.3 is 4.90 Å². The molecule has 3 nitrogen and oxygen atoms in total. The Morgan fingerprint density at radius 2 is 1.90 bits per heavy atom. The van der Waals surface area contributed by atoms with Gasteiger partial charge in [0.2, 0.25) is 0 Å². The van der Waals surface area contributed by atoms with Crippen molar-refractivity contribution in [3.8, 4) is 0 Å². The third kappa shape index (κ3) is 2.90. The summed E-state index contributed by atoms with van der Waals surface area (Å²) in [5.74, 6) is 0.186. The zero-order valence-corrected chi connectivity index (χ0v) is 14.3. The number of likely N-dealkylation sites (tertiary alicyclic amines) is 1. The average molecular weight is 320 g/mol. The number of piperidine rings is 1. The number of carbonyl (C=O) groups is 1. The van der Waals surface area contributed by atoms with Gasteiger partial charge in [0, 0.05) is 34.5 Å². The number of thiophene rings is 1. The molecular formula is C16H20N2OS2. The number of hydrogen-bond acceptors (Lipinski definition) is 4. The molecule has 112 valence electrons. The van der Waals surface area contributed by atoms with Crippen LogP contribution in [0.1, 0.15) is 44.2 Å². The lowest BCUT2D eigenvalue weighted by atomic mass is 9.81. The SMILES string of the molecule is Cc1ccc(C(=O)N2CCC(C)(c3ncc(C)s3)CC2)s1. The molecule has 0 radical (unpaired) electrons. The topological polar surface area (TPSA) is 33.2 Å². The number of nitrogens with zero attached hydrogens (tertiary/aromatic N) is 2. The highest BCUT2D eigenvalue weighted by atomic mass is 32.1. The summed E-state index contributed by atoms with van der Waals surface area (Å²) < 4.78 is 0. The molecule has 0 N–H and O–H groups in total. The van der Waals surface area contributed by atoms with Crippen LogP contribution in [0, 0.1) is 13.8 Å². The zero-order chi connectivity index (χ0) is 15.0. The smallest absolute Gasteiger partial charge is 0.263 e. The summed E-state index contributed by atoms with van der Waals surface area (Å²) in [6, 6.07) is 3.96. The Morgan fingerprint density at radius 3 is 2.43 bits per heavy atom. The van der Waals surface area contributed by atoms with Crippen LogP contribution in [0.2, 0.25) is 0 Å². The van der Waals surface area contributed by atoms with Gasteiger partial charge in [-0.2, -0.15) is 0 Å². The summed E-state index contributed by atoms with van der Waals surface area (Å²) in [4.78, 5) is 22.4. The second-order valence-corrected chi connectivity index (χ2v) is 8.56. The molecule has 1 aliphatic rings. The third-order valence-corrected chi connectivity index (χ3v) is 6.45. The van der Waals surface area contributed by atoms with E-state index in [9.17, 15) is 4.79 Å². The quantitative estimate of drug-likeness (QED) is 0.837. The van der Waals surface area contributed by atoms with Crippen LogP contribution in [-0.2, 0) is 5.41 Å². The maximum Gasteiger partial charge on any atom is 0.263 e. The van der Waals surface area contributed by atoms with E-state index in [4.69, 9.17) is 0 Å². The van der Waals surface area contributed by atoms with E-state index in [1.165, 1.54) is 14.8 Å². The first-order chi connectivity index (χ1) is 9.98. The molecule has 1 amide bonds. The molecule has 0 unspecified atom stereocenters. The minimum atomic E-state index is 0.126. The van der Waals surface area contributed by atoms with Crippen molar-refractivity contribution in [2.45, 2.75) is 39.0 Å². The maximum atomic E-state index is 12.5. The Morgan fingerprint density at radius 1 is 1.19 bits per heavy atom. The lowest BCUT2D eigenvalue weighted by Gasteiger charge is -2.38. The number of amides is 1. The second-order valence-electron chi connectivity index (χ2n) is 6.04. The van der Waals surface area contributed by atoms with Crippen molar-refractivity contribution in [1.82, 2.24) is 9.88 Å². The Hall–Kier alpha value is -1.20. The van der Waals surface area contributed by atoms with Crippen molar-refractivity contribution in [1.29, 1.82) is 0 Å². The van der Waals surface area contributed by atoms with E-state index in [-0.39, 0.29) is 11.3 Å². The molecule has 21 heavy (non-hydrogen) atoms. The number of carbonyl (C=O) groups excluding carboxylic acids is 1. The van der Waals surface area contributed by atoms with E-state index < -0.39 is 0 Å². The van der Waals surface area contributed by atoms with E-state index in [1.54, 1.807) is 22.7 Å². The first-order valence-electron chi connectivity index (χ1n) is 7.26. The van der Waals surface area contributed by atoms with Crippen molar-refractivity contribution < 1.29 is 4.79 Å². The summed E-state index contributed by atoms with van der Waals surface area (Å²) in [5.41, 5.74) is 0.126. The number of aromatic nitrogens is 1. The van der Waals surface area contributed by atoms with Crippen LogP contribution in [0.5, 0.6) is 0 Å². The van der Waals surface area contributed by atoms with E-state index in [0.29, 0.717) is 0 Å². The monoisotopic (exact) mass is 320 g/mol. The van der Waals surface area contributed by atoms with Gasteiger partial charge in [-0.1, -0.05) is 6.92 Å².